The number of sulfonamides is 1. The first-order chi connectivity index (χ1) is 10.5. The van der Waals surface area contributed by atoms with Gasteiger partial charge in [0.2, 0.25) is 10.0 Å². The van der Waals surface area contributed by atoms with E-state index in [9.17, 15) is 13.2 Å². The van der Waals surface area contributed by atoms with E-state index >= 15 is 0 Å². The topological polar surface area (TPSA) is 78.5 Å². The molecule has 1 saturated heterocycles. The maximum Gasteiger partial charge on any atom is 0.251 e. The molecule has 22 heavy (non-hydrogen) atoms. The number of carbonyl (C=O) groups excluding carboxylic acids is 1. The second-order valence-corrected chi connectivity index (χ2v) is 7.28. The molecule has 0 spiro atoms. The maximum absolute atomic E-state index is 12.1. The van der Waals surface area contributed by atoms with Gasteiger partial charge in [0.15, 0.2) is 0 Å². The molecule has 122 valence electrons. The quantitative estimate of drug-likeness (QED) is 0.727. The van der Waals surface area contributed by atoms with Gasteiger partial charge in [0.1, 0.15) is 0 Å². The highest BCUT2D eigenvalue weighted by Crippen LogP contribution is 2.11. The Morgan fingerprint density at radius 2 is 2.00 bits per heavy atom. The van der Waals surface area contributed by atoms with Gasteiger partial charge < -0.3 is 10.2 Å². The molecule has 1 aliphatic rings. The molecule has 7 heteroatoms. The van der Waals surface area contributed by atoms with Gasteiger partial charge in [-0.3, -0.25) is 4.79 Å². The van der Waals surface area contributed by atoms with Crippen molar-refractivity contribution in [2.24, 2.45) is 0 Å². The highest BCUT2D eigenvalue weighted by Gasteiger charge is 2.14. The second-order valence-electron chi connectivity index (χ2n) is 5.39. The Morgan fingerprint density at radius 3 is 2.68 bits per heavy atom. The molecule has 2 N–H and O–H groups in total. The van der Waals surface area contributed by atoms with E-state index in [-0.39, 0.29) is 10.8 Å². The first-order valence-electron chi connectivity index (χ1n) is 7.57. The summed E-state index contributed by atoms with van der Waals surface area (Å²) < 4.78 is 25.7. The second kappa shape index (κ2) is 7.71. The number of amides is 1. The highest BCUT2D eigenvalue weighted by atomic mass is 32.2. The molecule has 1 amide bonds. The zero-order valence-electron chi connectivity index (χ0n) is 12.8. The molecular formula is C15H23N3O3S. The van der Waals surface area contributed by atoms with Crippen molar-refractivity contribution in [1.82, 2.24) is 14.9 Å². The Hall–Kier alpha value is -1.44. The van der Waals surface area contributed by atoms with Crippen molar-refractivity contribution in [2.45, 2.75) is 24.2 Å². The third kappa shape index (κ3) is 4.53. The molecule has 0 aromatic heterocycles. The van der Waals surface area contributed by atoms with Crippen LogP contribution in [0.5, 0.6) is 0 Å². The molecule has 6 nitrogen and oxygen atoms in total. The molecule has 1 heterocycles. The number of likely N-dealkylation sites (tertiary alicyclic amines) is 1. The van der Waals surface area contributed by atoms with Crippen LogP contribution in [0.4, 0.5) is 0 Å². The van der Waals surface area contributed by atoms with E-state index in [1.54, 1.807) is 12.1 Å². The number of benzene rings is 1. The van der Waals surface area contributed by atoms with Crippen LogP contribution in [0.1, 0.15) is 29.6 Å². The van der Waals surface area contributed by atoms with Gasteiger partial charge in [0.05, 0.1) is 4.90 Å². The zero-order chi connectivity index (χ0) is 16.0. The van der Waals surface area contributed by atoms with Crippen LogP contribution >= 0.6 is 0 Å². The van der Waals surface area contributed by atoms with E-state index in [1.165, 1.54) is 32.0 Å². The molecule has 2 rings (SSSR count). The van der Waals surface area contributed by atoms with Gasteiger partial charge in [0, 0.05) is 12.1 Å². The summed E-state index contributed by atoms with van der Waals surface area (Å²) in [6, 6.07) is 6.05. The van der Waals surface area contributed by atoms with Crippen LogP contribution in [0, 0.1) is 0 Å². The molecule has 0 unspecified atom stereocenters. The molecule has 0 aliphatic carbocycles. The summed E-state index contributed by atoms with van der Waals surface area (Å²) >= 11 is 0. The van der Waals surface area contributed by atoms with Crippen LogP contribution in [-0.4, -0.2) is 52.5 Å². The van der Waals surface area contributed by atoms with Crippen LogP contribution in [0.25, 0.3) is 0 Å². The summed E-state index contributed by atoms with van der Waals surface area (Å²) in [5, 5.41) is 2.84. The first kappa shape index (κ1) is 16.9. The minimum atomic E-state index is -3.53. The van der Waals surface area contributed by atoms with Crippen molar-refractivity contribution in [1.29, 1.82) is 0 Å². The van der Waals surface area contributed by atoms with E-state index in [0.29, 0.717) is 12.1 Å². The number of hydrogen-bond acceptors (Lipinski definition) is 4. The summed E-state index contributed by atoms with van der Waals surface area (Å²) in [6.45, 7) is 3.89. The molecule has 0 radical (unpaired) electrons. The van der Waals surface area contributed by atoms with Crippen molar-refractivity contribution in [3.8, 4) is 0 Å². The van der Waals surface area contributed by atoms with Crippen LogP contribution in [0.3, 0.4) is 0 Å². The summed E-state index contributed by atoms with van der Waals surface area (Å²) in [4.78, 5) is 14.6. The predicted molar refractivity (Wildman–Crippen MR) is 85.3 cm³/mol. The Morgan fingerprint density at radius 1 is 1.27 bits per heavy atom. The molecular weight excluding hydrogens is 302 g/mol. The Balaban J connectivity index is 1.85. The standard InChI is InChI=1S/C15H23N3O3S/c1-16-22(20,21)14-7-4-6-13(12-14)15(19)17-8-5-11-18-9-2-3-10-18/h4,6-7,12,16H,2-3,5,8-11H2,1H3,(H,17,19). The van der Waals surface area contributed by atoms with Crippen LogP contribution < -0.4 is 10.0 Å². The Bertz CT molecular complexity index is 610. The molecule has 0 saturated carbocycles. The van der Waals surface area contributed by atoms with Gasteiger partial charge >= 0.3 is 0 Å². The van der Waals surface area contributed by atoms with E-state index in [4.69, 9.17) is 0 Å². The normalized spacial score (nSPS) is 15.9. The van der Waals surface area contributed by atoms with Crippen molar-refractivity contribution >= 4 is 15.9 Å². The van der Waals surface area contributed by atoms with Crippen molar-refractivity contribution in [2.75, 3.05) is 33.2 Å². The van der Waals surface area contributed by atoms with Crippen molar-refractivity contribution < 1.29 is 13.2 Å². The number of rotatable bonds is 7. The minimum Gasteiger partial charge on any atom is -0.352 e. The van der Waals surface area contributed by atoms with Gasteiger partial charge in [-0.25, -0.2) is 13.1 Å². The Kier molecular flexibility index (Phi) is 5.93. The minimum absolute atomic E-state index is 0.0970. The molecule has 1 aromatic carbocycles. The van der Waals surface area contributed by atoms with Crippen molar-refractivity contribution in [3.05, 3.63) is 29.8 Å². The van der Waals surface area contributed by atoms with Crippen LogP contribution in [0.15, 0.2) is 29.2 Å². The fourth-order valence-corrected chi connectivity index (χ4v) is 3.31. The third-order valence-corrected chi connectivity index (χ3v) is 5.22. The van der Waals surface area contributed by atoms with Gasteiger partial charge in [0.25, 0.3) is 5.91 Å². The lowest BCUT2D eigenvalue weighted by atomic mass is 10.2. The molecule has 1 aromatic rings. The maximum atomic E-state index is 12.1. The lowest BCUT2D eigenvalue weighted by Crippen LogP contribution is -2.29. The highest BCUT2D eigenvalue weighted by molar-refractivity contribution is 7.89. The predicted octanol–water partition coefficient (Wildman–Crippen LogP) is 0.810. The van der Waals surface area contributed by atoms with E-state index in [1.807, 2.05) is 0 Å². The first-order valence-corrected chi connectivity index (χ1v) is 9.05. The van der Waals surface area contributed by atoms with E-state index in [0.717, 1.165) is 26.1 Å². The number of nitrogens with one attached hydrogen (secondary N) is 2. The van der Waals surface area contributed by atoms with Gasteiger partial charge in [-0.2, -0.15) is 0 Å². The smallest absolute Gasteiger partial charge is 0.251 e. The van der Waals surface area contributed by atoms with Crippen LogP contribution in [0.2, 0.25) is 0 Å². The summed E-state index contributed by atoms with van der Waals surface area (Å²) in [5.41, 5.74) is 0.359. The van der Waals surface area contributed by atoms with Gasteiger partial charge in [-0.1, -0.05) is 6.07 Å². The monoisotopic (exact) mass is 325 g/mol. The average molecular weight is 325 g/mol. The van der Waals surface area contributed by atoms with Crippen LogP contribution in [-0.2, 0) is 10.0 Å². The fraction of sp³-hybridized carbons (Fsp3) is 0.533. The fourth-order valence-electron chi connectivity index (χ4n) is 2.54. The SMILES string of the molecule is CNS(=O)(=O)c1cccc(C(=O)NCCCN2CCCC2)c1. The summed E-state index contributed by atoms with van der Waals surface area (Å²) in [5.74, 6) is -0.241. The van der Waals surface area contributed by atoms with Crippen molar-refractivity contribution in [3.63, 3.8) is 0 Å². The number of carbonyl (C=O) groups is 1. The zero-order valence-corrected chi connectivity index (χ0v) is 13.7. The van der Waals surface area contributed by atoms with E-state index < -0.39 is 10.0 Å². The molecule has 0 bridgehead atoms. The molecule has 1 aliphatic heterocycles. The average Bonchev–Trinajstić information content (AvgIpc) is 3.05. The molecule has 0 atom stereocenters. The molecule has 1 fully saturated rings. The number of hydrogen-bond donors (Lipinski definition) is 2. The third-order valence-electron chi connectivity index (χ3n) is 3.81. The largest absolute Gasteiger partial charge is 0.352 e. The van der Waals surface area contributed by atoms with Gasteiger partial charge in [-0.05, 0) is 64.1 Å². The Labute approximate surface area is 131 Å². The summed E-state index contributed by atoms with van der Waals surface area (Å²) in [7, 11) is -2.18. The lowest BCUT2D eigenvalue weighted by Gasteiger charge is -2.14. The van der Waals surface area contributed by atoms with Gasteiger partial charge in [-0.15, -0.1) is 0 Å². The number of nitrogens with zero attached hydrogens (tertiary/aromatic N) is 1. The van der Waals surface area contributed by atoms with E-state index in [2.05, 4.69) is 14.9 Å². The summed E-state index contributed by atoms with van der Waals surface area (Å²) in [6.07, 6.45) is 3.43. The lowest BCUT2D eigenvalue weighted by molar-refractivity contribution is 0.0952.